The van der Waals surface area contributed by atoms with Crippen molar-refractivity contribution in [3.8, 4) is 0 Å². The summed E-state index contributed by atoms with van der Waals surface area (Å²) in [5.74, 6) is -0.671. The molecule has 1 aliphatic carbocycles. The van der Waals surface area contributed by atoms with Crippen LogP contribution in [0.25, 0.3) is 0 Å². The molecule has 0 aromatic carbocycles. The van der Waals surface area contributed by atoms with Crippen molar-refractivity contribution >= 4 is 12.0 Å². The molecule has 0 spiro atoms. The lowest BCUT2D eigenvalue weighted by molar-refractivity contribution is -0.138. The Labute approximate surface area is 126 Å². The fraction of sp³-hybridized carbons (Fsp3) is 0.867. The Bertz CT molecular complexity index is 369. The van der Waals surface area contributed by atoms with E-state index < -0.39 is 5.97 Å². The molecule has 2 amide bonds. The van der Waals surface area contributed by atoms with Gasteiger partial charge in [0, 0.05) is 38.6 Å². The van der Waals surface area contributed by atoms with E-state index in [1.54, 1.807) is 4.90 Å². The molecule has 21 heavy (non-hydrogen) atoms. The van der Waals surface area contributed by atoms with E-state index >= 15 is 0 Å². The predicted molar refractivity (Wildman–Crippen MR) is 80.2 cm³/mol. The Hall–Kier alpha value is -1.30. The maximum Gasteiger partial charge on any atom is 0.317 e. The van der Waals surface area contributed by atoms with Crippen molar-refractivity contribution < 1.29 is 14.7 Å². The smallest absolute Gasteiger partial charge is 0.317 e. The van der Waals surface area contributed by atoms with Crippen molar-refractivity contribution in [2.24, 2.45) is 5.92 Å². The second-order valence-electron chi connectivity index (χ2n) is 6.35. The Kier molecular flexibility index (Phi) is 5.85. The van der Waals surface area contributed by atoms with E-state index in [-0.39, 0.29) is 18.4 Å². The van der Waals surface area contributed by atoms with Crippen LogP contribution in [0.5, 0.6) is 0 Å². The molecule has 1 saturated carbocycles. The standard InChI is InChI=1S/C15H27N3O3/c1-17(13-4-2-3-5-13)9-7-16-15(21)18-8-6-12(11-18)10-14(19)20/h12-13H,2-11H2,1H3,(H,16,21)(H,19,20). The van der Waals surface area contributed by atoms with Crippen LogP contribution in [0.1, 0.15) is 38.5 Å². The molecule has 1 unspecified atom stereocenters. The highest BCUT2D eigenvalue weighted by Crippen LogP contribution is 2.22. The van der Waals surface area contributed by atoms with Gasteiger partial charge in [0.1, 0.15) is 0 Å². The second-order valence-corrected chi connectivity index (χ2v) is 6.35. The molecule has 1 atom stereocenters. The molecular formula is C15H27N3O3. The molecule has 2 rings (SSSR count). The molecule has 0 aromatic rings. The minimum atomic E-state index is -0.777. The number of nitrogens with zero attached hydrogens (tertiary/aromatic N) is 2. The average Bonchev–Trinajstić information content (AvgIpc) is 3.08. The van der Waals surface area contributed by atoms with Crippen LogP contribution in [-0.4, -0.2) is 66.2 Å². The third-order valence-electron chi connectivity index (χ3n) is 4.73. The molecule has 2 N–H and O–H groups in total. The summed E-state index contributed by atoms with van der Waals surface area (Å²) in [6.07, 6.45) is 6.14. The van der Waals surface area contributed by atoms with E-state index in [9.17, 15) is 9.59 Å². The van der Waals surface area contributed by atoms with Gasteiger partial charge in [-0.2, -0.15) is 0 Å². The van der Waals surface area contributed by atoms with E-state index in [1.165, 1.54) is 25.7 Å². The van der Waals surface area contributed by atoms with Gasteiger partial charge in [0.15, 0.2) is 0 Å². The predicted octanol–water partition coefficient (Wildman–Crippen LogP) is 1.37. The lowest BCUT2D eigenvalue weighted by Gasteiger charge is -2.24. The zero-order valence-electron chi connectivity index (χ0n) is 12.9. The molecular weight excluding hydrogens is 270 g/mol. The van der Waals surface area contributed by atoms with Gasteiger partial charge >= 0.3 is 12.0 Å². The molecule has 1 heterocycles. The summed E-state index contributed by atoms with van der Waals surface area (Å²) in [7, 11) is 2.13. The first-order valence-electron chi connectivity index (χ1n) is 8.01. The summed E-state index contributed by atoms with van der Waals surface area (Å²) in [6, 6.07) is 0.622. The maximum absolute atomic E-state index is 12.0. The van der Waals surface area contributed by atoms with Gasteiger partial charge in [0.05, 0.1) is 0 Å². The number of aliphatic carboxylic acids is 1. The molecule has 6 nitrogen and oxygen atoms in total. The van der Waals surface area contributed by atoms with Crippen LogP contribution >= 0.6 is 0 Å². The number of nitrogens with one attached hydrogen (secondary N) is 1. The minimum absolute atomic E-state index is 0.0530. The molecule has 1 aliphatic heterocycles. The number of rotatable bonds is 6. The Morgan fingerprint density at radius 2 is 2.00 bits per heavy atom. The Morgan fingerprint density at radius 3 is 2.67 bits per heavy atom. The number of carboxylic acids is 1. The van der Waals surface area contributed by atoms with Crippen molar-refractivity contribution in [2.45, 2.75) is 44.6 Å². The van der Waals surface area contributed by atoms with Gasteiger partial charge < -0.3 is 20.2 Å². The number of carboxylic acid groups (broad SMARTS) is 1. The summed E-state index contributed by atoms with van der Waals surface area (Å²) < 4.78 is 0. The highest BCUT2D eigenvalue weighted by atomic mass is 16.4. The average molecular weight is 297 g/mol. The number of carbonyl (C=O) groups excluding carboxylic acids is 1. The molecule has 0 bridgehead atoms. The lowest BCUT2D eigenvalue weighted by atomic mass is 10.1. The zero-order valence-corrected chi connectivity index (χ0v) is 12.9. The minimum Gasteiger partial charge on any atom is -0.481 e. The molecule has 2 aliphatic rings. The first-order valence-corrected chi connectivity index (χ1v) is 8.01. The number of hydrogen-bond donors (Lipinski definition) is 2. The van der Waals surface area contributed by atoms with Crippen molar-refractivity contribution in [1.29, 1.82) is 0 Å². The zero-order chi connectivity index (χ0) is 15.2. The summed E-state index contributed by atoms with van der Waals surface area (Å²) >= 11 is 0. The van der Waals surface area contributed by atoms with E-state index in [0.717, 1.165) is 13.0 Å². The van der Waals surface area contributed by atoms with E-state index in [0.29, 0.717) is 25.7 Å². The number of carbonyl (C=O) groups is 2. The van der Waals surface area contributed by atoms with Gasteiger partial charge in [-0.25, -0.2) is 4.79 Å². The summed E-state index contributed by atoms with van der Waals surface area (Å²) in [5.41, 5.74) is 0. The van der Waals surface area contributed by atoms with E-state index in [4.69, 9.17) is 5.11 Å². The van der Waals surface area contributed by atoms with Crippen LogP contribution in [0.3, 0.4) is 0 Å². The van der Waals surface area contributed by atoms with Crippen LogP contribution in [0.15, 0.2) is 0 Å². The summed E-state index contributed by atoms with van der Waals surface area (Å²) in [5, 5.41) is 11.7. The second kappa shape index (κ2) is 7.64. The third-order valence-corrected chi connectivity index (χ3v) is 4.73. The number of amides is 2. The van der Waals surface area contributed by atoms with Crippen molar-refractivity contribution in [3.63, 3.8) is 0 Å². The van der Waals surface area contributed by atoms with E-state index in [2.05, 4.69) is 17.3 Å². The first-order chi connectivity index (χ1) is 10.1. The number of hydrogen-bond acceptors (Lipinski definition) is 3. The largest absolute Gasteiger partial charge is 0.481 e. The normalized spacial score (nSPS) is 23.0. The van der Waals surface area contributed by atoms with Crippen molar-refractivity contribution in [2.75, 3.05) is 33.2 Å². The molecule has 6 heteroatoms. The van der Waals surface area contributed by atoms with Crippen LogP contribution in [0, 0.1) is 5.92 Å². The number of urea groups is 1. The topological polar surface area (TPSA) is 72.9 Å². The molecule has 1 saturated heterocycles. The highest BCUT2D eigenvalue weighted by molar-refractivity contribution is 5.74. The lowest BCUT2D eigenvalue weighted by Crippen LogP contribution is -2.43. The fourth-order valence-corrected chi connectivity index (χ4v) is 3.41. The molecule has 2 fully saturated rings. The van der Waals surface area contributed by atoms with Gasteiger partial charge in [0.2, 0.25) is 0 Å². The Balaban J connectivity index is 1.62. The quantitative estimate of drug-likeness (QED) is 0.776. The number of likely N-dealkylation sites (N-methyl/N-ethyl adjacent to an activating group) is 1. The van der Waals surface area contributed by atoms with Crippen LogP contribution in [0.2, 0.25) is 0 Å². The molecule has 0 aromatic heterocycles. The van der Waals surface area contributed by atoms with Crippen LogP contribution in [0.4, 0.5) is 4.79 Å². The fourth-order valence-electron chi connectivity index (χ4n) is 3.41. The maximum atomic E-state index is 12.0. The first kappa shape index (κ1) is 16.1. The van der Waals surface area contributed by atoms with E-state index in [1.807, 2.05) is 0 Å². The SMILES string of the molecule is CN(CCNC(=O)N1CCC(CC(=O)O)C1)C1CCCC1. The van der Waals surface area contributed by atoms with Gasteiger partial charge in [-0.3, -0.25) is 4.79 Å². The molecule has 0 radical (unpaired) electrons. The summed E-state index contributed by atoms with van der Waals surface area (Å²) in [6.45, 7) is 2.77. The van der Waals surface area contributed by atoms with Gasteiger partial charge in [0.25, 0.3) is 0 Å². The van der Waals surface area contributed by atoms with Gasteiger partial charge in [-0.05, 0) is 32.2 Å². The number of likely N-dealkylation sites (tertiary alicyclic amines) is 1. The van der Waals surface area contributed by atoms with Crippen LogP contribution in [-0.2, 0) is 4.79 Å². The van der Waals surface area contributed by atoms with Gasteiger partial charge in [-0.15, -0.1) is 0 Å². The van der Waals surface area contributed by atoms with Crippen molar-refractivity contribution in [1.82, 2.24) is 15.1 Å². The third kappa shape index (κ3) is 4.88. The monoisotopic (exact) mass is 297 g/mol. The summed E-state index contributed by atoms with van der Waals surface area (Å²) in [4.78, 5) is 26.8. The Morgan fingerprint density at radius 1 is 1.29 bits per heavy atom. The van der Waals surface area contributed by atoms with Gasteiger partial charge in [-0.1, -0.05) is 12.8 Å². The van der Waals surface area contributed by atoms with Crippen molar-refractivity contribution in [3.05, 3.63) is 0 Å². The highest BCUT2D eigenvalue weighted by Gasteiger charge is 2.27. The molecule has 120 valence electrons. The van der Waals surface area contributed by atoms with Crippen LogP contribution < -0.4 is 5.32 Å².